The number of aryl methyl sites for hydroxylation is 1. The highest BCUT2D eigenvalue weighted by molar-refractivity contribution is 7.98. The topological polar surface area (TPSA) is 80.3 Å². The monoisotopic (exact) mass is 349 g/mol. The summed E-state index contributed by atoms with van der Waals surface area (Å²) in [6.07, 6.45) is 6.49. The van der Waals surface area contributed by atoms with Gasteiger partial charge in [0.05, 0.1) is 12.4 Å². The van der Waals surface area contributed by atoms with Crippen LogP contribution in [0.1, 0.15) is 42.5 Å². The molecule has 7 heteroatoms. The molecule has 1 aliphatic carbocycles. The lowest BCUT2D eigenvalue weighted by Crippen LogP contribution is -2.44. The number of aliphatic hydroxyl groups is 1. The summed E-state index contributed by atoms with van der Waals surface area (Å²) >= 11 is 1.56. The maximum Gasteiger partial charge on any atom is 0.287 e. The molecule has 130 valence electrons. The fraction of sp³-hybridized carbons (Fsp3) is 0.529. The van der Waals surface area contributed by atoms with E-state index >= 15 is 0 Å². The maximum absolute atomic E-state index is 12.4. The molecule has 0 bridgehead atoms. The van der Waals surface area contributed by atoms with Crippen LogP contribution in [0, 0.1) is 5.41 Å². The van der Waals surface area contributed by atoms with Crippen LogP contribution in [-0.4, -0.2) is 33.2 Å². The zero-order chi connectivity index (χ0) is 17.2. The van der Waals surface area contributed by atoms with Crippen molar-refractivity contribution in [2.24, 2.45) is 12.5 Å². The van der Waals surface area contributed by atoms with Crippen molar-refractivity contribution in [1.29, 1.82) is 0 Å². The van der Waals surface area contributed by atoms with E-state index in [9.17, 15) is 9.90 Å². The predicted octanol–water partition coefficient (Wildman–Crippen LogP) is 2.59. The summed E-state index contributed by atoms with van der Waals surface area (Å²) < 4.78 is 7.60. The second kappa shape index (κ2) is 7.03. The number of carbonyl (C=O) groups excluding carboxylic acids is 1. The molecule has 2 heterocycles. The molecular weight excluding hydrogens is 326 g/mol. The lowest BCUT2D eigenvalue weighted by Gasteiger charge is -2.29. The van der Waals surface area contributed by atoms with Gasteiger partial charge in [0.25, 0.3) is 5.91 Å². The van der Waals surface area contributed by atoms with Crippen LogP contribution >= 0.6 is 11.8 Å². The van der Waals surface area contributed by atoms with E-state index in [2.05, 4.69) is 10.3 Å². The van der Waals surface area contributed by atoms with E-state index in [1.807, 2.05) is 30.8 Å². The number of imidazole rings is 1. The molecular formula is C17H23N3O3S. The Balaban J connectivity index is 1.58. The molecule has 0 radical (unpaired) electrons. The second-order valence-electron chi connectivity index (χ2n) is 6.61. The third-order valence-electron chi connectivity index (χ3n) is 4.75. The van der Waals surface area contributed by atoms with Gasteiger partial charge in [-0.3, -0.25) is 4.79 Å². The number of nitrogens with one attached hydrogen (secondary N) is 1. The van der Waals surface area contributed by atoms with E-state index in [0.29, 0.717) is 11.5 Å². The number of hydrogen-bond acceptors (Lipinski definition) is 5. The van der Waals surface area contributed by atoms with Crippen molar-refractivity contribution in [2.75, 3.05) is 6.61 Å². The van der Waals surface area contributed by atoms with Crippen molar-refractivity contribution in [3.8, 4) is 0 Å². The smallest absolute Gasteiger partial charge is 0.287 e. The fourth-order valence-electron chi connectivity index (χ4n) is 3.10. The molecule has 3 rings (SSSR count). The first-order valence-corrected chi connectivity index (χ1v) is 9.11. The summed E-state index contributed by atoms with van der Waals surface area (Å²) in [5.41, 5.74) is -0.237. The van der Waals surface area contributed by atoms with Crippen LogP contribution in [0.4, 0.5) is 0 Å². The van der Waals surface area contributed by atoms with Crippen LogP contribution in [0.25, 0.3) is 0 Å². The Labute approximate surface area is 145 Å². The fourth-order valence-corrected chi connectivity index (χ4v) is 3.93. The van der Waals surface area contributed by atoms with Gasteiger partial charge < -0.3 is 19.4 Å². The van der Waals surface area contributed by atoms with E-state index in [1.54, 1.807) is 24.0 Å². The van der Waals surface area contributed by atoms with Gasteiger partial charge in [-0.25, -0.2) is 4.98 Å². The number of furan rings is 1. The molecule has 2 atom stereocenters. The largest absolute Gasteiger partial charge is 0.455 e. The Kier molecular flexibility index (Phi) is 5.01. The number of hydrogen-bond donors (Lipinski definition) is 2. The van der Waals surface area contributed by atoms with Gasteiger partial charge in [-0.2, -0.15) is 0 Å². The summed E-state index contributed by atoms with van der Waals surface area (Å²) in [5.74, 6) is 1.47. The third-order valence-corrected chi connectivity index (χ3v) is 5.83. The van der Waals surface area contributed by atoms with Crippen molar-refractivity contribution in [3.05, 3.63) is 36.0 Å². The quantitative estimate of drug-likeness (QED) is 0.784. The molecule has 2 N–H and O–H groups in total. The predicted molar refractivity (Wildman–Crippen MR) is 91.8 cm³/mol. The molecule has 1 fully saturated rings. The molecule has 6 nitrogen and oxygen atoms in total. The van der Waals surface area contributed by atoms with Crippen LogP contribution in [0.15, 0.2) is 34.1 Å². The third kappa shape index (κ3) is 3.52. The number of amides is 1. The number of thioether (sulfide) groups is 1. The maximum atomic E-state index is 12.4. The molecule has 0 aromatic carbocycles. The highest BCUT2D eigenvalue weighted by Gasteiger charge is 2.39. The van der Waals surface area contributed by atoms with Gasteiger partial charge in [0.1, 0.15) is 5.76 Å². The van der Waals surface area contributed by atoms with Crippen LogP contribution in [0.3, 0.4) is 0 Å². The van der Waals surface area contributed by atoms with Gasteiger partial charge in [-0.1, -0.05) is 25.1 Å². The van der Waals surface area contributed by atoms with E-state index in [-0.39, 0.29) is 24.0 Å². The molecule has 2 aromatic rings. The van der Waals surface area contributed by atoms with Crippen molar-refractivity contribution < 1.29 is 14.3 Å². The van der Waals surface area contributed by atoms with Crippen molar-refractivity contribution in [3.63, 3.8) is 0 Å². The Hall–Kier alpha value is -1.73. The molecule has 0 aliphatic heterocycles. The average molecular weight is 349 g/mol. The van der Waals surface area contributed by atoms with Crippen molar-refractivity contribution in [1.82, 2.24) is 14.9 Å². The normalized spacial score (nSPS) is 23.5. The zero-order valence-electron chi connectivity index (χ0n) is 14.0. The molecule has 1 amide bonds. The van der Waals surface area contributed by atoms with Crippen LogP contribution in [-0.2, 0) is 12.8 Å². The highest BCUT2D eigenvalue weighted by Crippen LogP contribution is 2.37. The number of carbonyl (C=O) groups is 1. The minimum Gasteiger partial charge on any atom is -0.455 e. The SMILES string of the molecule is Cn1ccnc1SCc1ccc(C(=O)NC2CCCC2(C)CO)o1. The van der Waals surface area contributed by atoms with Gasteiger partial charge in [-0.05, 0) is 25.0 Å². The summed E-state index contributed by atoms with van der Waals surface area (Å²) in [6, 6.07) is 3.52. The second-order valence-corrected chi connectivity index (χ2v) is 7.55. The zero-order valence-corrected chi connectivity index (χ0v) is 14.8. The Bertz CT molecular complexity index is 712. The van der Waals surface area contributed by atoms with E-state index < -0.39 is 0 Å². The van der Waals surface area contributed by atoms with Gasteiger partial charge >= 0.3 is 0 Å². The lowest BCUT2D eigenvalue weighted by molar-refractivity contribution is 0.0804. The number of aromatic nitrogens is 2. The molecule has 0 spiro atoms. The van der Waals surface area contributed by atoms with E-state index in [0.717, 1.165) is 30.2 Å². The molecule has 24 heavy (non-hydrogen) atoms. The van der Waals surface area contributed by atoms with Crippen LogP contribution < -0.4 is 5.32 Å². The van der Waals surface area contributed by atoms with Gasteiger partial charge in [-0.15, -0.1) is 0 Å². The van der Waals surface area contributed by atoms with Crippen LogP contribution in [0.2, 0.25) is 0 Å². The minimum atomic E-state index is -0.237. The number of rotatable bonds is 6. The molecule has 2 aromatic heterocycles. The average Bonchev–Trinajstić information content (AvgIpc) is 3.27. The standard InChI is InChI=1S/C17H23N3O3S/c1-17(11-21)7-3-4-14(17)19-15(22)13-6-5-12(23-13)10-24-16-18-8-9-20(16)2/h5-6,8-9,14,21H,3-4,7,10-11H2,1-2H3,(H,19,22). The lowest BCUT2D eigenvalue weighted by atomic mass is 9.86. The minimum absolute atomic E-state index is 0.00880. The van der Waals surface area contributed by atoms with Gasteiger partial charge in [0, 0.05) is 30.9 Å². The number of aliphatic hydroxyl groups excluding tert-OH is 1. The summed E-state index contributed by atoms with van der Waals surface area (Å²) in [5, 5.41) is 13.5. The van der Waals surface area contributed by atoms with E-state index in [1.165, 1.54) is 0 Å². The Morgan fingerprint density at radius 3 is 3.12 bits per heavy atom. The Morgan fingerprint density at radius 1 is 1.58 bits per heavy atom. The van der Waals surface area contributed by atoms with Crippen LogP contribution in [0.5, 0.6) is 0 Å². The number of nitrogens with zero attached hydrogens (tertiary/aromatic N) is 2. The molecule has 1 saturated carbocycles. The first-order chi connectivity index (χ1) is 11.5. The molecule has 2 unspecified atom stereocenters. The summed E-state index contributed by atoms with van der Waals surface area (Å²) in [7, 11) is 1.94. The van der Waals surface area contributed by atoms with Gasteiger partial charge in [0.2, 0.25) is 0 Å². The summed E-state index contributed by atoms with van der Waals surface area (Å²) in [6.45, 7) is 2.10. The highest BCUT2D eigenvalue weighted by atomic mass is 32.2. The first-order valence-electron chi connectivity index (χ1n) is 8.12. The molecule has 1 aliphatic rings. The Morgan fingerprint density at radius 2 is 2.42 bits per heavy atom. The van der Waals surface area contributed by atoms with Crippen molar-refractivity contribution >= 4 is 17.7 Å². The molecule has 0 saturated heterocycles. The van der Waals surface area contributed by atoms with Gasteiger partial charge in [0.15, 0.2) is 10.9 Å². The van der Waals surface area contributed by atoms with E-state index in [4.69, 9.17) is 4.42 Å². The summed E-state index contributed by atoms with van der Waals surface area (Å²) in [4.78, 5) is 16.6. The van der Waals surface area contributed by atoms with Crippen molar-refractivity contribution in [2.45, 2.75) is 43.1 Å². The first kappa shape index (κ1) is 17.1.